The van der Waals surface area contributed by atoms with Gasteiger partial charge in [-0.1, -0.05) is 6.07 Å². The lowest BCUT2D eigenvalue weighted by molar-refractivity contribution is -0.384. The van der Waals surface area contributed by atoms with Crippen LogP contribution in [0.2, 0.25) is 0 Å². The van der Waals surface area contributed by atoms with Crippen molar-refractivity contribution in [3.63, 3.8) is 0 Å². The third-order valence-electron chi connectivity index (χ3n) is 3.20. The van der Waals surface area contributed by atoms with E-state index in [1.54, 1.807) is 12.1 Å². The van der Waals surface area contributed by atoms with Crippen molar-refractivity contribution in [1.29, 1.82) is 0 Å². The summed E-state index contributed by atoms with van der Waals surface area (Å²) in [6, 6.07) is 9.19. The van der Waals surface area contributed by atoms with Gasteiger partial charge in [0.2, 0.25) is 0 Å². The molecule has 1 N–H and O–H groups in total. The van der Waals surface area contributed by atoms with Gasteiger partial charge in [0.25, 0.3) is 5.69 Å². The molecule has 0 bridgehead atoms. The van der Waals surface area contributed by atoms with Crippen LogP contribution in [-0.2, 0) is 0 Å². The van der Waals surface area contributed by atoms with Gasteiger partial charge in [0.05, 0.1) is 17.1 Å². The summed E-state index contributed by atoms with van der Waals surface area (Å²) in [4.78, 5) is 21.5. The van der Waals surface area contributed by atoms with Crippen LogP contribution in [0.5, 0.6) is 5.75 Å². The quantitative estimate of drug-likeness (QED) is 0.672. The van der Waals surface area contributed by atoms with E-state index in [-0.39, 0.29) is 11.3 Å². The molecule has 2 aromatic rings. The van der Waals surface area contributed by atoms with E-state index in [1.165, 1.54) is 12.1 Å². The van der Waals surface area contributed by atoms with Crippen LogP contribution in [0.15, 0.2) is 36.4 Å². The lowest BCUT2D eigenvalue weighted by Gasteiger charge is -2.10. The Labute approximate surface area is 127 Å². The fourth-order valence-corrected chi connectivity index (χ4v) is 2.21. The number of nitro benzene ring substituents is 1. The summed E-state index contributed by atoms with van der Waals surface area (Å²) in [5.74, 6) is -0.499. The van der Waals surface area contributed by atoms with Crippen LogP contribution < -0.4 is 4.74 Å². The van der Waals surface area contributed by atoms with Crippen molar-refractivity contribution < 1.29 is 19.6 Å². The molecule has 2 rings (SSSR count). The summed E-state index contributed by atoms with van der Waals surface area (Å²) in [5, 5.41) is 20.1. The largest absolute Gasteiger partial charge is 0.494 e. The molecule has 0 aliphatic carbocycles. The Morgan fingerprint density at radius 3 is 2.55 bits per heavy atom. The Morgan fingerprint density at radius 2 is 2.00 bits per heavy atom. The normalized spacial score (nSPS) is 10.3. The summed E-state index contributed by atoms with van der Waals surface area (Å²) in [7, 11) is 0. The Kier molecular flexibility index (Phi) is 4.41. The predicted octanol–water partition coefficient (Wildman–Crippen LogP) is 3.67. The molecule has 0 aliphatic heterocycles. The molecule has 22 heavy (non-hydrogen) atoms. The number of aryl methyl sites for hydroxylation is 1. The number of benzene rings is 2. The second kappa shape index (κ2) is 6.26. The molecule has 0 amide bonds. The summed E-state index contributed by atoms with van der Waals surface area (Å²) < 4.78 is 5.40. The first kappa shape index (κ1) is 15.5. The fraction of sp³-hybridized carbons (Fsp3) is 0.188. The van der Waals surface area contributed by atoms with Crippen molar-refractivity contribution in [2.24, 2.45) is 0 Å². The molecule has 2 aromatic carbocycles. The summed E-state index contributed by atoms with van der Waals surface area (Å²) >= 11 is 0. The number of nitrogens with zero attached hydrogens (tertiary/aromatic N) is 1. The number of rotatable bonds is 5. The SMILES string of the molecule is CCOc1ccc(-c2cc(C(=O)O)cc([N+](=O)[O-])c2)c(C)c1. The van der Waals surface area contributed by atoms with Crippen LogP contribution in [0.1, 0.15) is 22.8 Å². The minimum Gasteiger partial charge on any atom is -0.494 e. The minimum absolute atomic E-state index is 0.113. The zero-order chi connectivity index (χ0) is 16.3. The van der Waals surface area contributed by atoms with Crippen LogP contribution in [0.3, 0.4) is 0 Å². The third kappa shape index (κ3) is 3.22. The van der Waals surface area contributed by atoms with Gasteiger partial charge in [-0.05, 0) is 48.7 Å². The summed E-state index contributed by atoms with van der Waals surface area (Å²) in [6.07, 6.45) is 0. The van der Waals surface area contributed by atoms with Crippen molar-refractivity contribution in [2.75, 3.05) is 6.61 Å². The number of carboxylic acid groups (broad SMARTS) is 1. The van der Waals surface area contributed by atoms with Gasteiger partial charge in [0, 0.05) is 12.1 Å². The van der Waals surface area contributed by atoms with Crippen LogP contribution >= 0.6 is 0 Å². The molecular formula is C16H15NO5. The maximum absolute atomic E-state index is 11.1. The zero-order valence-electron chi connectivity index (χ0n) is 12.2. The second-order valence-corrected chi connectivity index (χ2v) is 4.74. The average Bonchev–Trinajstić information content (AvgIpc) is 2.47. The fourth-order valence-electron chi connectivity index (χ4n) is 2.21. The smallest absolute Gasteiger partial charge is 0.335 e. The van der Waals surface area contributed by atoms with E-state index in [1.807, 2.05) is 19.9 Å². The van der Waals surface area contributed by atoms with E-state index in [4.69, 9.17) is 9.84 Å². The number of carbonyl (C=O) groups is 1. The van der Waals surface area contributed by atoms with Gasteiger partial charge < -0.3 is 9.84 Å². The maximum Gasteiger partial charge on any atom is 0.335 e. The topological polar surface area (TPSA) is 89.7 Å². The van der Waals surface area contributed by atoms with E-state index in [2.05, 4.69) is 0 Å². The summed E-state index contributed by atoms with van der Waals surface area (Å²) in [6.45, 7) is 4.26. The molecule has 0 aromatic heterocycles. The van der Waals surface area contributed by atoms with Gasteiger partial charge >= 0.3 is 5.97 Å². The molecule has 114 valence electrons. The number of hydrogen-bond donors (Lipinski definition) is 1. The maximum atomic E-state index is 11.1. The van der Waals surface area contributed by atoms with Gasteiger partial charge in [0.15, 0.2) is 0 Å². The van der Waals surface area contributed by atoms with E-state index in [0.29, 0.717) is 17.9 Å². The highest BCUT2D eigenvalue weighted by Gasteiger charge is 2.15. The van der Waals surface area contributed by atoms with E-state index in [9.17, 15) is 14.9 Å². The van der Waals surface area contributed by atoms with Crippen molar-refractivity contribution in [3.05, 3.63) is 57.6 Å². The van der Waals surface area contributed by atoms with Crippen molar-refractivity contribution >= 4 is 11.7 Å². The van der Waals surface area contributed by atoms with Gasteiger partial charge in [0.1, 0.15) is 5.75 Å². The molecule has 6 heteroatoms. The zero-order valence-corrected chi connectivity index (χ0v) is 12.2. The van der Waals surface area contributed by atoms with Gasteiger partial charge in [-0.25, -0.2) is 4.79 Å². The Hall–Kier alpha value is -2.89. The molecule has 0 unspecified atom stereocenters. The van der Waals surface area contributed by atoms with Crippen molar-refractivity contribution in [3.8, 4) is 16.9 Å². The molecule has 0 aliphatic rings. The van der Waals surface area contributed by atoms with Crippen molar-refractivity contribution in [1.82, 2.24) is 0 Å². The molecule has 0 heterocycles. The average molecular weight is 301 g/mol. The van der Waals surface area contributed by atoms with E-state index >= 15 is 0 Å². The lowest BCUT2D eigenvalue weighted by atomic mass is 9.98. The predicted molar refractivity (Wildman–Crippen MR) is 81.4 cm³/mol. The van der Waals surface area contributed by atoms with E-state index in [0.717, 1.165) is 17.2 Å². The van der Waals surface area contributed by atoms with E-state index < -0.39 is 10.9 Å². The number of aromatic carboxylic acids is 1. The first-order valence-corrected chi connectivity index (χ1v) is 6.69. The number of nitro groups is 1. The number of hydrogen-bond acceptors (Lipinski definition) is 4. The molecule has 0 fully saturated rings. The molecule has 0 saturated heterocycles. The molecule has 0 radical (unpaired) electrons. The summed E-state index contributed by atoms with van der Waals surface area (Å²) in [5.41, 5.74) is 1.71. The molecule has 0 spiro atoms. The van der Waals surface area contributed by atoms with Crippen LogP contribution in [0.25, 0.3) is 11.1 Å². The highest BCUT2D eigenvalue weighted by Crippen LogP contribution is 2.30. The van der Waals surface area contributed by atoms with Crippen LogP contribution in [-0.4, -0.2) is 22.6 Å². The van der Waals surface area contributed by atoms with Crippen LogP contribution in [0, 0.1) is 17.0 Å². The molecule has 0 saturated carbocycles. The highest BCUT2D eigenvalue weighted by atomic mass is 16.6. The van der Waals surface area contributed by atoms with Crippen LogP contribution in [0.4, 0.5) is 5.69 Å². The standard InChI is InChI=1S/C16H15NO5/c1-3-22-14-4-5-15(10(2)6-14)11-7-12(16(18)19)9-13(8-11)17(20)21/h4-9H,3H2,1-2H3,(H,18,19). The van der Waals surface area contributed by atoms with Gasteiger partial charge in [-0.15, -0.1) is 0 Å². The Balaban J connectivity index is 2.56. The Morgan fingerprint density at radius 1 is 1.27 bits per heavy atom. The van der Waals surface area contributed by atoms with Gasteiger partial charge in [-0.2, -0.15) is 0 Å². The first-order valence-electron chi connectivity index (χ1n) is 6.69. The Bertz CT molecular complexity index is 707. The first-order chi connectivity index (χ1) is 10.4. The minimum atomic E-state index is -1.20. The molecule has 0 atom stereocenters. The monoisotopic (exact) mass is 301 g/mol. The van der Waals surface area contributed by atoms with Gasteiger partial charge in [-0.3, -0.25) is 10.1 Å². The third-order valence-corrected chi connectivity index (χ3v) is 3.20. The highest BCUT2D eigenvalue weighted by molar-refractivity contribution is 5.91. The number of ether oxygens (including phenoxy) is 1. The van der Waals surface area contributed by atoms with Crippen molar-refractivity contribution in [2.45, 2.75) is 13.8 Å². The second-order valence-electron chi connectivity index (χ2n) is 4.74. The number of carboxylic acids is 1. The number of non-ortho nitro benzene ring substituents is 1. The molecular weight excluding hydrogens is 286 g/mol. The lowest BCUT2D eigenvalue weighted by Crippen LogP contribution is -2.00. The molecule has 6 nitrogen and oxygen atoms in total.